The third-order valence-corrected chi connectivity index (χ3v) is 5.20. The number of carbonyl (C=O) groups excluding carboxylic acids is 1. The predicted octanol–water partition coefficient (Wildman–Crippen LogP) is 2.73. The van der Waals surface area contributed by atoms with Gasteiger partial charge in [-0.2, -0.15) is 0 Å². The van der Waals surface area contributed by atoms with Crippen LogP contribution in [0.25, 0.3) is 0 Å². The SMILES string of the molecule is CCOc1ccc(CC(=O)N2CCCOC(CN3CCCCC3)C2)cc1. The molecule has 2 saturated heterocycles. The molecular weight excluding hydrogens is 328 g/mol. The molecule has 0 N–H and O–H groups in total. The van der Waals surface area contributed by atoms with E-state index in [9.17, 15) is 4.79 Å². The number of hydrogen-bond acceptors (Lipinski definition) is 4. The van der Waals surface area contributed by atoms with Gasteiger partial charge in [-0.05, 0) is 57.0 Å². The molecule has 5 heteroatoms. The first-order valence-electron chi connectivity index (χ1n) is 10.1. The molecule has 1 atom stereocenters. The Morgan fingerprint density at radius 2 is 1.88 bits per heavy atom. The molecule has 0 radical (unpaired) electrons. The maximum absolute atomic E-state index is 12.8. The van der Waals surface area contributed by atoms with Crippen molar-refractivity contribution in [2.75, 3.05) is 45.9 Å². The van der Waals surface area contributed by atoms with E-state index in [1.807, 2.05) is 36.1 Å². The van der Waals surface area contributed by atoms with Crippen LogP contribution < -0.4 is 4.74 Å². The van der Waals surface area contributed by atoms with Crippen molar-refractivity contribution in [1.82, 2.24) is 9.80 Å². The van der Waals surface area contributed by atoms with Gasteiger partial charge in [-0.25, -0.2) is 0 Å². The van der Waals surface area contributed by atoms with E-state index in [1.165, 1.54) is 32.4 Å². The summed E-state index contributed by atoms with van der Waals surface area (Å²) in [6, 6.07) is 7.86. The summed E-state index contributed by atoms with van der Waals surface area (Å²) in [5, 5.41) is 0. The van der Waals surface area contributed by atoms with Crippen LogP contribution in [-0.2, 0) is 16.0 Å². The number of carbonyl (C=O) groups is 1. The standard InChI is InChI=1S/C21H32N2O3/c1-2-25-19-9-7-18(8-10-19)15-21(24)23-13-6-14-26-20(17-23)16-22-11-4-3-5-12-22/h7-10,20H,2-6,11-17H2,1H3. The van der Waals surface area contributed by atoms with Crippen molar-refractivity contribution in [3.63, 3.8) is 0 Å². The fourth-order valence-corrected chi connectivity index (χ4v) is 3.82. The van der Waals surface area contributed by atoms with Gasteiger partial charge in [0.1, 0.15) is 5.75 Å². The van der Waals surface area contributed by atoms with E-state index in [0.717, 1.165) is 37.4 Å². The van der Waals surface area contributed by atoms with Gasteiger partial charge in [0.2, 0.25) is 5.91 Å². The maximum atomic E-state index is 12.8. The molecule has 2 aliphatic rings. The molecule has 2 fully saturated rings. The average molecular weight is 360 g/mol. The zero-order valence-electron chi connectivity index (χ0n) is 16.0. The van der Waals surface area contributed by atoms with Crippen molar-refractivity contribution in [3.05, 3.63) is 29.8 Å². The lowest BCUT2D eigenvalue weighted by Crippen LogP contribution is -2.44. The number of nitrogens with zero attached hydrogens (tertiary/aromatic N) is 2. The minimum absolute atomic E-state index is 0.139. The van der Waals surface area contributed by atoms with Gasteiger partial charge in [0.05, 0.1) is 19.1 Å². The van der Waals surface area contributed by atoms with Crippen molar-refractivity contribution in [1.29, 1.82) is 0 Å². The van der Waals surface area contributed by atoms with Gasteiger partial charge in [0.15, 0.2) is 0 Å². The monoisotopic (exact) mass is 360 g/mol. The Bertz CT molecular complexity index is 555. The number of amides is 1. The minimum atomic E-state index is 0.139. The van der Waals surface area contributed by atoms with E-state index < -0.39 is 0 Å². The number of hydrogen-bond donors (Lipinski definition) is 0. The summed E-state index contributed by atoms with van der Waals surface area (Å²) >= 11 is 0. The second-order valence-corrected chi connectivity index (χ2v) is 7.30. The fraction of sp³-hybridized carbons (Fsp3) is 0.667. The third kappa shape index (κ3) is 5.71. The Hall–Kier alpha value is -1.59. The fourth-order valence-electron chi connectivity index (χ4n) is 3.82. The molecule has 1 aromatic rings. The highest BCUT2D eigenvalue weighted by Gasteiger charge is 2.25. The summed E-state index contributed by atoms with van der Waals surface area (Å²) in [6.07, 6.45) is 5.42. The van der Waals surface area contributed by atoms with Gasteiger partial charge < -0.3 is 19.3 Å². The minimum Gasteiger partial charge on any atom is -0.494 e. The van der Waals surface area contributed by atoms with Crippen LogP contribution in [-0.4, -0.2) is 67.7 Å². The summed E-state index contributed by atoms with van der Waals surface area (Å²) in [5.74, 6) is 1.05. The molecule has 1 unspecified atom stereocenters. The summed E-state index contributed by atoms with van der Waals surface area (Å²) < 4.78 is 11.5. The molecule has 0 saturated carbocycles. The Kier molecular flexibility index (Phi) is 7.32. The van der Waals surface area contributed by atoms with Crippen LogP contribution in [0.2, 0.25) is 0 Å². The average Bonchev–Trinajstić information content (AvgIpc) is 2.90. The second-order valence-electron chi connectivity index (χ2n) is 7.30. The van der Waals surface area contributed by atoms with Crippen molar-refractivity contribution in [3.8, 4) is 5.75 Å². The largest absolute Gasteiger partial charge is 0.494 e. The number of likely N-dealkylation sites (tertiary alicyclic amines) is 1. The molecule has 0 spiro atoms. The quantitative estimate of drug-likeness (QED) is 0.782. The highest BCUT2D eigenvalue weighted by Crippen LogP contribution is 2.16. The van der Waals surface area contributed by atoms with E-state index in [1.54, 1.807) is 0 Å². The van der Waals surface area contributed by atoms with Gasteiger partial charge in [-0.3, -0.25) is 4.79 Å². The summed E-state index contributed by atoms with van der Waals surface area (Å²) in [7, 11) is 0. The van der Waals surface area contributed by atoms with Gasteiger partial charge in [0.25, 0.3) is 0 Å². The molecule has 26 heavy (non-hydrogen) atoms. The molecule has 0 aliphatic carbocycles. The van der Waals surface area contributed by atoms with Gasteiger partial charge in [-0.1, -0.05) is 18.6 Å². The highest BCUT2D eigenvalue weighted by atomic mass is 16.5. The lowest BCUT2D eigenvalue weighted by atomic mass is 10.1. The van der Waals surface area contributed by atoms with Crippen LogP contribution in [0.1, 0.15) is 38.2 Å². The number of piperidine rings is 1. The Morgan fingerprint density at radius 1 is 1.12 bits per heavy atom. The summed E-state index contributed by atoms with van der Waals surface area (Å²) in [5.41, 5.74) is 1.04. The van der Waals surface area contributed by atoms with E-state index in [0.29, 0.717) is 19.6 Å². The van der Waals surface area contributed by atoms with E-state index in [4.69, 9.17) is 9.47 Å². The molecule has 0 aromatic heterocycles. The first-order valence-corrected chi connectivity index (χ1v) is 10.1. The van der Waals surface area contributed by atoms with E-state index >= 15 is 0 Å². The van der Waals surface area contributed by atoms with Gasteiger partial charge >= 0.3 is 0 Å². The van der Waals surface area contributed by atoms with E-state index in [2.05, 4.69) is 4.90 Å². The van der Waals surface area contributed by atoms with Crippen LogP contribution in [0.5, 0.6) is 5.75 Å². The Labute approximate surface area is 157 Å². The first-order chi connectivity index (χ1) is 12.7. The molecule has 5 nitrogen and oxygen atoms in total. The topological polar surface area (TPSA) is 42.0 Å². The van der Waals surface area contributed by atoms with Crippen molar-refractivity contribution in [2.24, 2.45) is 0 Å². The normalized spacial score (nSPS) is 22.0. The lowest BCUT2D eigenvalue weighted by molar-refractivity contribution is -0.131. The molecule has 2 aliphatic heterocycles. The van der Waals surface area contributed by atoms with Crippen LogP contribution in [0.3, 0.4) is 0 Å². The van der Waals surface area contributed by atoms with Crippen LogP contribution in [0, 0.1) is 0 Å². The molecule has 144 valence electrons. The smallest absolute Gasteiger partial charge is 0.227 e. The summed E-state index contributed by atoms with van der Waals surface area (Å²) in [6.45, 7) is 8.18. The van der Waals surface area contributed by atoms with E-state index in [-0.39, 0.29) is 12.0 Å². The van der Waals surface area contributed by atoms with Crippen molar-refractivity contribution in [2.45, 2.75) is 45.1 Å². The van der Waals surface area contributed by atoms with Crippen LogP contribution in [0.15, 0.2) is 24.3 Å². The first kappa shape index (κ1) is 19.2. The number of benzene rings is 1. The predicted molar refractivity (Wildman–Crippen MR) is 103 cm³/mol. The van der Waals surface area contributed by atoms with Crippen LogP contribution in [0.4, 0.5) is 0 Å². The van der Waals surface area contributed by atoms with Gasteiger partial charge in [-0.15, -0.1) is 0 Å². The molecule has 3 rings (SSSR count). The Balaban J connectivity index is 1.53. The lowest BCUT2D eigenvalue weighted by Gasteiger charge is -2.31. The highest BCUT2D eigenvalue weighted by molar-refractivity contribution is 5.78. The molecule has 2 heterocycles. The Morgan fingerprint density at radius 3 is 2.62 bits per heavy atom. The van der Waals surface area contributed by atoms with Crippen LogP contribution >= 0.6 is 0 Å². The van der Waals surface area contributed by atoms with Gasteiger partial charge in [0, 0.05) is 26.2 Å². The molecule has 1 amide bonds. The zero-order chi connectivity index (χ0) is 18.2. The number of ether oxygens (including phenoxy) is 2. The second kappa shape index (κ2) is 9.93. The molecule has 1 aromatic carbocycles. The van der Waals surface area contributed by atoms with Crippen molar-refractivity contribution < 1.29 is 14.3 Å². The molecular formula is C21H32N2O3. The maximum Gasteiger partial charge on any atom is 0.227 e. The number of rotatable bonds is 6. The summed E-state index contributed by atoms with van der Waals surface area (Å²) in [4.78, 5) is 17.3. The third-order valence-electron chi connectivity index (χ3n) is 5.20. The van der Waals surface area contributed by atoms with Crippen molar-refractivity contribution >= 4 is 5.91 Å². The zero-order valence-corrected chi connectivity index (χ0v) is 16.0. The molecule has 0 bridgehead atoms.